The van der Waals surface area contributed by atoms with Crippen LogP contribution in [-0.2, 0) is 16.6 Å². The van der Waals surface area contributed by atoms with Crippen molar-refractivity contribution in [3.63, 3.8) is 0 Å². The van der Waals surface area contributed by atoms with Crippen LogP contribution < -0.4 is 4.74 Å². The molecule has 3 rings (SSSR count). The van der Waals surface area contributed by atoms with Gasteiger partial charge in [-0.15, -0.1) is 0 Å². The first-order valence-electron chi connectivity index (χ1n) is 9.75. The predicted molar refractivity (Wildman–Crippen MR) is 113 cm³/mol. The second kappa shape index (κ2) is 8.31. The van der Waals surface area contributed by atoms with E-state index in [9.17, 15) is 14.7 Å². The largest absolute Gasteiger partial charge is 0.507 e. The molecule has 1 aromatic carbocycles. The lowest BCUT2D eigenvalue weighted by molar-refractivity contribution is -0.140. The molecule has 1 aromatic heterocycles. The van der Waals surface area contributed by atoms with Crippen molar-refractivity contribution in [3.05, 3.63) is 52.4 Å². The maximum absolute atomic E-state index is 13.1. The highest BCUT2D eigenvalue weighted by molar-refractivity contribution is 6.46. The van der Waals surface area contributed by atoms with E-state index in [0.717, 1.165) is 0 Å². The van der Waals surface area contributed by atoms with Gasteiger partial charge >= 0.3 is 0 Å². The van der Waals surface area contributed by atoms with E-state index < -0.39 is 17.7 Å². The van der Waals surface area contributed by atoms with E-state index in [2.05, 4.69) is 5.10 Å². The molecule has 1 fully saturated rings. The van der Waals surface area contributed by atoms with Gasteiger partial charge in [-0.3, -0.25) is 14.3 Å². The van der Waals surface area contributed by atoms with Gasteiger partial charge in [0.15, 0.2) is 0 Å². The van der Waals surface area contributed by atoms with Crippen molar-refractivity contribution in [2.75, 3.05) is 34.3 Å². The van der Waals surface area contributed by atoms with Crippen LogP contribution in [0.25, 0.3) is 5.76 Å². The molecule has 1 amide bonds. The Bertz CT molecular complexity index is 1020. The summed E-state index contributed by atoms with van der Waals surface area (Å²) in [5.74, 6) is -0.900. The summed E-state index contributed by atoms with van der Waals surface area (Å²) >= 11 is 0. The molecule has 0 bridgehead atoms. The van der Waals surface area contributed by atoms with Crippen LogP contribution in [0.2, 0.25) is 0 Å². The van der Waals surface area contributed by atoms with Gasteiger partial charge in [0.25, 0.3) is 11.7 Å². The number of methoxy groups -OCH3 is 1. The zero-order valence-corrected chi connectivity index (χ0v) is 18.3. The smallest absolute Gasteiger partial charge is 0.295 e. The molecule has 30 heavy (non-hydrogen) atoms. The van der Waals surface area contributed by atoms with Crippen LogP contribution in [0.15, 0.2) is 29.8 Å². The second-order valence-corrected chi connectivity index (χ2v) is 7.74. The topological polar surface area (TPSA) is 87.9 Å². The van der Waals surface area contributed by atoms with Crippen molar-refractivity contribution in [3.8, 4) is 5.75 Å². The molecule has 160 valence electrons. The molecular formula is C22H28N4O4. The normalized spacial score (nSPS) is 18.5. The van der Waals surface area contributed by atoms with Gasteiger partial charge in [-0.1, -0.05) is 12.1 Å². The molecular weight excluding hydrogens is 384 g/mol. The van der Waals surface area contributed by atoms with Crippen molar-refractivity contribution < 1.29 is 19.4 Å². The summed E-state index contributed by atoms with van der Waals surface area (Å²) in [5, 5.41) is 15.6. The molecule has 1 N–H and O–H groups in total. The lowest BCUT2D eigenvalue weighted by Gasteiger charge is -2.26. The maximum atomic E-state index is 13.1. The molecule has 8 nitrogen and oxygen atoms in total. The van der Waals surface area contributed by atoms with Crippen molar-refractivity contribution in [2.45, 2.75) is 19.9 Å². The number of aliphatic hydroxyl groups excluding tert-OH is 1. The fourth-order valence-corrected chi connectivity index (χ4v) is 3.83. The quantitative estimate of drug-likeness (QED) is 0.444. The van der Waals surface area contributed by atoms with E-state index in [-0.39, 0.29) is 11.3 Å². The Labute approximate surface area is 176 Å². The number of aliphatic hydroxyl groups is 1. The van der Waals surface area contributed by atoms with E-state index >= 15 is 0 Å². The fourth-order valence-electron chi connectivity index (χ4n) is 3.83. The Balaban J connectivity index is 2.22. The summed E-state index contributed by atoms with van der Waals surface area (Å²) in [6, 6.07) is 6.51. The third-order valence-corrected chi connectivity index (χ3v) is 5.48. The predicted octanol–water partition coefficient (Wildman–Crippen LogP) is 2.03. The van der Waals surface area contributed by atoms with Gasteiger partial charge in [0.1, 0.15) is 11.5 Å². The first-order chi connectivity index (χ1) is 14.2. The standard InChI is InChI=1S/C22H28N4O4/c1-13-17(14(2)25(5)23-13)20(27)18-19(15-8-7-9-16(12-15)30-6)26(11-10-24(3)4)22(29)21(18)28/h7-9,12,19,27H,10-11H2,1-6H3/t19-/m1/s1. The third-order valence-electron chi connectivity index (χ3n) is 5.48. The molecule has 0 saturated carbocycles. The molecule has 1 saturated heterocycles. The van der Waals surface area contributed by atoms with Crippen LogP contribution in [-0.4, -0.2) is 70.7 Å². The molecule has 2 heterocycles. The number of carbonyl (C=O) groups excluding carboxylic acids is 2. The number of likely N-dealkylation sites (tertiary alicyclic amines) is 1. The summed E-state index contributed by atoms with van der Waals surface area (Å²) in [6.45, 7) is 4.52. The number of ketones is 1. The number of carbonyl (C=O) groups is 2. The summed E-state index contributed by atoms with van der Waals surface area (Å²) in [4.78, 5) is 29.5. The highest BCUT2D eigenvalue weighted by Gasteiger charge is 2.46. The van der Waals surface area contributed by atoms with Gasteiger partial charge < -0.3 is 19.6 Å². The van der Waals surface area contributed by atoms with E-state index in [0.29, 0.717) is 41.4 Å². The first-order valence-corrected chi connectivity index (χ1v) is 9.75. The average Bonchev–Trinajstić information content (AvgIpc) is 3.11. The Morgan fingerprint density at radius 1 is 1.27 bits per heavy atom. The number of aryl methyl sites for hydroxylation is 2. The molecule has 0 radical (unpaired) electrons. The molecule has 8 heteroatoms. The number of ether oxygens (including phenoxy) is 1. The maximum Gasteiger partial charge on any atom is 0.295 e. The zero-order chi connectivity index (χ0) is 22.2. The monoisotopic (exact) mass is 412 g/mol. The number of likely N-dealkylation sites (N-methyl/N-ethyl adjacent to an activating group) is 1. The Kier molecular flexibility index (Phi) is 5.98. The van der Waals surface area contributed by atoms with E-state index in [1.807, 2.05) is 32.0 Å². The fraction of sp³-hybridized carbons (Fsp3) is 0.409. The minimum atomic E-state index is -0.709. The van der Waals surface area contributed by atoms with Crippen LogP contribution in [0, 0.1) is 13.8 Å². The Morgan fingerprint density at radius 2 is 1.97 bits per heavy atom. The van der Waals surface area contributed by atoms with Crippen molar-refractivity contribution in [1.29, 1.82) is 0 Å². The van der Waals surface area contributed by atoms with Gasteiger partial charge in [-0.2, -0.15) is 5.10 Å². The Morgan fingerprint density at radius 3 is 2.53 bits per heavy atom. The summed E-state index contributed by atoms with van der Waals surface area (Å²) in [6.07, 6.45) is 0. The molecule has 1 atom stereocenters. The minimum Gasteiger partial charge on any atom is -0.507 e. The van der Waals surface area contributed by atoms with Crippen LogP contribution in [0.4, 0.5) is 0 Å². The van der Waals surface area contributed by atoms with Gasteiger partial charge in [0.2, 0.25) is 0 Å². The van der Waals surface area contributed by atoms with Gasteiger partial charge in [0, 0.05) is 25.8 Å². The third kappa shape index (κ3) is 3.70. The van der Waals surface area contributed by atoms with Gasteiger partial charge in [-0.05, 0) is 45.6 Å². The average molecular weight is 412 g/mol. The number of rotatable bonds is 6. The number of nitrogens with zero attached hydrogens (tertiary/aromatic N) is 4. The highest BCUT2D eigenvalue weighted by atomic mass is 16.5. The molecule has 1 aliphatic rings. The van der Waals surface area contributed by atoms with Crippen LogP contribution in [0.3, 0.4) is 0 Å². The number of aromatic nitrogens is 2. The molecule has 0 aliphatic carbocycles. The summed E-state index contributed by atoms with van der Waals surface area (Å²) in [7, 11) is 7.14. The van der Waals surface area contributed by atoms with Crippen molar-refractivity contribution in [2.24, 2.45) is 7.05 Å². The number of hydrogen-bond donors (Lipinski definition) is 1. The summed E-state index contributed by atoms with van der Waals surface area (Å²) in [5.41, 5.74) is 2.57. The van der Waals surface area contributed by atoms with E-state index in [1.165, 1.54) is 4.90 Å². The Hall–Kier alpha value is -3.13. The van der Waals surface area contributed by atoms with E-state index in [1.54, 1.807) is 44.0 Å². The number of hydrogen-bond acceptors (Lipinski definition) is 6. The minimum absolute atomic E-state index is 0.0752. The number of Topliss-reactive ketones (excluding diaryl/α,β-unsaturated/α-hetero) is 1. The molecule has 0 unspecified atom stereocenters. The molecule has 0 spiro atoms. The zero-order valence-electron chi connectivity index (χ0n) is 18.3. The van der Waals surface area contributed by atoms with Crippen molar-refractivity contribution >= 4 is 17.4 Å². The lowest BCUT2D eigenvalue weighted by Crippen LogP contribution is -2.35. The van der Waals surface area contributed by atoms with Crippen LogP contribution in [0.1, 0.15) is 28.6 Å². The molecule has 1 aliphatic heterocycles. The first kappa shape index (κ1) is 21.6. The molecule has 2 aromatic rings. The van der Waals surface area contributed by atoms with Gasteiger partial charge in [-0.25, -0.2) is 0 Å². The SMILES string of the molecule is COc1cccc([C@@H]2C(=C(O)c3c(C)nn(C)c3C)C(=O)C(=O)N2CCN(C)C)c1. The van der Waals surface area contributed by atoms with Crippen LogP contribution >= 0.6 is 0 Å². The van der Waals surface area contributed by atoms with Gasteiger partial charge in [0.05, 0.1) is 30.0 Å². The van der Waals surface area contributed by atoms with E-state index in [4.69, 9.17) is 4.74 Å². The van der Waals surface area contributed by atoms with Crippen molar-refractivity contribution in [1.82, 2.24) is 19.6 Å². The lowest BCUT2D eigenvalue weighted by atomic mass is 9.94. The van der Waals surface area contributed by atoms with Crippen LogP contribution in [0.5, 0.6) is 5.75 Å². The second-order valence-electron chi connectivity index (χ2n) is 7.74. The number of amides is 1. The highest BCUT2D eigenvalue weighted by Crippen LogP contribution is 2.40. The summed E-state index contributed by atoms with van der Waals surface area (Å²) < 4.78 is 6.98. The number of benzene rings is 1.